The van der Waals surface area contributed by atoms with E-state index in [4.69, 9.17) is 0 Å². The average Bonchev–Trinajstić information content (AvgIpc) is 2.81. The Morgan fingerprint density at radius 3 is 2.67 bits per heavy atom. The standard InChI is InChI=1S/C16H20N2/c1-5-16-15(10-11-18(16)6-2)13-8-7-9-14(12-13)17(3)4/h5,7-12H,1,6H2,2-4H3. The van der Waals surface area contributed by atoms with Crippen LogP contribution in [-0.4, -0.2) is 18.7 Å². The molecular weight excluding hydrogens is 220 g/mol. The number of aromatic nitrogens is 1. The van der Waals surface area contributed by atoms with Crippen molar-refractivity contribution in [1.82, 2.24) is 4.57 Å². The van der Waals surface area contributed by atoms with Gasteiger partial charge in [-0.25, -0.2) is 0 Å². The molecule has 0 aliphatic rings. The van der Waals surface area contributed by atoms with E-state index in [2.05, 4.69) is 73.6 Å². The molecule has 0 N–H and O–H groups in total. The van der Waals surface area contributed by atoms with Crippen LogP contribution in [0.25, 0.3) is 17.2 Å². The van der Waals surface area contributed by atoms with Crippen LogP contribution >= 0.6 is 0 Å². The highest BCUT2D eigenvalue weighted by Crippen LogP contribution is 2.28. The van der Waals surface area contributed by atoms with Crippen LogP contribution < -0.4 is 4.90 Å². The minimum atomic E-state index is 0.967. The monoisotopic (exact) mass is 240 g/mol. The first-order chi connectivity index (χ1) is 8.67. The highest BCUT2D eigenvalue weighted by atomic mass is 15.1. The molecule has 2 heteroatoms. The van der Waals surface area contributed by atoms with Gasteiger partial charge in [-0.05, 0) is 36.8 Å². The van der Waals surface area contributed by atoms with Gasteiger partial charge in [-0.15, -0.1) is 0 Å². The highest BCUT2D eigenvalue weighted by Gasteiger charge is 2.08. The van der Waals surface area contributed by atoms with Crippen LogP contribution in [0.3, 0.4) is 0 Å². The van der Waals surface area contributed by atoms with Gasteiger partial charge in [0, 0.05) is 43.8 Å². The summed E-state index contributed by atoms with van der Waals surface area (Å²) in [6.07, 6.45) is 4.05. The molecule has 0 fully saturated rings. The van der Waals surface area contributed by atoms with E-state index >= 15 is 0 Å². The summed E-state index contributed by atoms with van der Waals surface area (Å²) in [7, 11) is 4.12. The Hall–Kier alpha value is -1.96. The molecule has 18 heavy (non-hydrogen) atoms. The molecule has 94 valence electrons. The van der Waals surface area contributed by atoms with Gasteiger partial charge in [-0.3, -0.25) is 0 Å². The van der Waals surface area contributed by atoms with Crippen LogP contribution in [0.1, 0.15) is 12.6 Å². The molecule has 0 aliphatic carbocycles. The maximum absolute atomic E-state index is 3.92. The number of rotatable bonds is 4. The Kier molecular flexibility index (Phi) is 3.56. The van der Waals surface area contributed by atoms with E-state index in [1.807, 2.05) is 6.08 Å². The predicted molar refractivity (Wildman–Crippen MR) is 80.0 cm³/mol. The third-order valence-corrected chi connectivity index (χ3v) is 3.21. The van der Waals surface area contributed by atoms with Gasteiger partial charge in [-0.2, -0.15) is 0 Å². The molecule has 2 nitrogen and oxygen atoms in total. The number of benzene rings is 1. The van der Waals surface area contributed by atoms with E-state index in [0.717, 1.165) is 6.54 Å². The van der Waals surface area contributed by atoms with Crippen molar-refractivity contribution in [3.63, 3.8) is 0 Å². The van der Waals surface area contributed by atoms with E-state index in [-0.39, 0.29) is 0 Å². The van der Waals surface area contributed by atoms with E-state index in [1.165, 1.54) is 22.5 Å². The maximum atomic E-state index is 3.92. The van der Waals surface area contributed by atoms with Gasteiger partial charge in [0.25, 0.3) is 0 Å². The number of anilines is 1. The summed E-state index contributed by atoms with van der Waals surface area (Å²) in [5, 5.41) is 0. The fourth-order valence-electron chi connectivity index (χ4n) is 2.18. The first-order valence-corrected chi connectivity index (χ1v) is 6.26. The van der Waals surface area contributed by atoms with Gasteiger partial charge < -0.3 is 9.47 Å². The van der Waals surface area contributed by atoms with Crippen molar-refractivity contribution in [3.8, 4) is 11.1 Å². The van der Waals surface area contributed by atoms with Gasteiger partial charge in [0.05, 0.1) is 0 Å². The number of aryl methyl sites for hydroxylation is 1. The summed E-state index contributed by atoms with van der Waals surface area (Å²) in [6.45, 7) is 7.04. The van der Waals surface area contributed by atoms with Crippen molar-refractivity contribution < 1.29 is 0 Å². The van der Waals surface area contributed by atoms with E-state index in [0.29, 0.717) is 0 Å². The number of nitrogens with zero attached hydrogens (tertiary/aromatic N) is 2. The number of hydrogen-bond acceptors (Lipinski definition) is 1. The minimum absolute atomic E-state index is 0.967. The maximum Gasteiger partial charge on any atom is 0.0480 e. The third kappa shape index (κ3) is 2.19. The third-order valence-electron chi connectivity index (χ3n) is 3.21. The largest absolute Gasteiger partial charge is 0.378 e. The molecule has 2 rings (SSSR count). The van der Waals surface area contributed by atoms with E-state index < -0.39 is 0 Å². The molecule has 1 heterocycles. The van der Waals surface area contributed by atoms with Crippen LogP contribution in [0.4, 0.5) is 5.69 Å². The second-order valence-corrected chi connectivity index (χ2v) is 4.55. The van der Waals surface area contributed by atoms with Crippen molar-refractivity contribution in [3.05, 3.63) is 48.8 Å². The van der Waals surface area contributed by atoms with Crippen LogP contribution in [0, 0.1) is 0 Å². The second-order valence-electron chi connectivity index (χ2n) is 4.55. The van der Waals surface area contributed by atoms with Crippen LogP contribution in [0.5, 0.6) is 0 Å². The highest BCUT2D eigenvalue weighted by molar-refractivity contribution is 5.76. The fraction of sp³-hybridized carbons (Fsp3) is 0.250. The van der Waals surface area contributed by atoms with E-state index in [1.54, 1.807) is 0 Å². The first kappa shape index (κ1) is 12.5. The average molecular weight is 240 g/mol. The van der Waals surface area contributed by atoms with Crippen molar-refractivity contribution in [2.45, 2.75) is 13.5 Å². The molecule has 0 saturated heterocycles. The zero-order valence-corrected chi connectivity index (χ0v) is 11.4. The van der Waals surface area contributed by atoms with Crippen molar-refractivity contribution >= 4 is 11.8 Å². The minimum Gasteiger partial charge on any atom is -0.378 e. The molecule has 0 aliphatic heterocycles. The Morgan fingerprint density at radius 2 is 2.06 bits per heavy atom. The Bertz CT molecular complexity index is 550. The summed E-state index contributed by atoms with van der Waals surface area (Å²) in [4.78, 5) is 2.12. The van der Waals surface area contributed by atoms with Gasteiger partial charge in [-0.1, -0.05) is 18.7 Å². The summed E-state index contributed by atoms with van der Waals surface area (Å²) in [6, 6.07) is 10.7. The SMILES string of the molecule is C=Cc1c(-c2cccc(N(C)C)c2)ccn1CC. The quantitative estimate of drug-likeness (QED) is 0.787. The molecule has 0 bridgehead atoms. The molecule has 0 saturated carbocycles. The van der Waals surface area contributed by atoms with Crippen LogP contribution in [0.2, 0.25) is 0 Å². The molecule has 2 aromatic rings. The van der Waals surface area contributed by atoms with Gasteiger partial charge >= 0.3 is 0 Å². The van der Waals surface area contributed by atoms with E-state index in [9.17, 15) is 0 Å². The zero-order chi connectivity index (χ0) is 13.1. The van der Waals surface area contributed by atoms with Crippen LogP contribution in [-0.2, 0) is 6.54 Å². The molecule has 0 unspecified atom stereocenters. The molecule has 0 atom stereocenters. The molecular formula is C16H20N2. The first-order valence-electron chi connectivity index (χ1n) is 6.26. The number of hydrogen-bond donors (Lipinski definition) is 0. The van der Waals surface area contributed by atoms with Gasteiger partial charge in [0.2, 0.25) is 0 Å². The summed E-state index contributed by atoms with van der Waals surface area (Å²) >= 11 is 0. The van der Waals surface area contributed by atoms with Crippen molar-refractivity contribution in [1.29, 1.82) is 0 Å². The Morgan fingerprint density at radius 1 is 1.28 bits per heavy atom. The molecule has 0 radical (unpaired) electrons. The fourth-order valence-corrected chi connectivity index (χ4v) is 2.18. The van der Waals surface area contributed by atoms with Gasteiger partial charge in [0.1, 0.15) is 0 Å². The molecule has 0 spiro atoms. The lowest BCUT2D eigenvalue weighted by molar-refractivity contribution is 0.762. The normalized spacial score (nSPS) is 10.4. The van der Waals surface area contributed by atoms with Gasteiger partial charge in [0.15, 0.2) is 0 Å². The van der Waals surface area contributed by atoms with Crippen molar-refractivity contribution in [2.24, 2.45) is 0 Å². The molecule has 0 amide bonds. The smallest absolute Gasteiger partial charge is 0.0480 e. The molecule has 1 aromatic carbocycles. The molecule has 1 aromatic heterocycles. The topological polar surface area (TPSA) is 8.17 Å². The zero-order valence-electron chi connectivity index (χ0n) is 11.4. The summed E-state index contributed by atoms with van der Waals surface area (Å²) in [5.74, 6) is 0. The lowest BCUT2D eigenvalue weighted by Gasteiger charge is -2.14. The predicted octanol–water partition coefficient (Wildman–Crippen LogP) is 3.88. The lowest BCUT2D eigenvalue weighted by Crippen LogP contribution is -2.08. The van der Waals surface area contributed by atoms with Crippen LogP contribution in [0.15, 0.2) is 43.1 Å². The summed E-state index contributed by atoms with van der Waals surface area (Å²) in [5.41, 5.74) is 4.89. The van der Waals surface area contributed by atoms with Crippen molar-refractivity contribution in [2.75, 3.05) is 19.0 Å². The Labute approximate surface area is 109 Å². The summed E-state index contributed by atoms with van der Waals surface area (Å²) < 4.78 is 2.21. The second kappa shape index (κ2) is 5.13. The lowest BCUT2D eigenvalue weighted by atomic mass is 10.1. The Balaban J connectivity index is 2.51.